The summed E-state index contributed by atoms with van der Waals surface area (Å²) in [5.41, 5.74) is -1.84. The quantitative estimate of drug-likeness (QED) is 0.579. The highest BCUT2D eigenvalue weighted by Crippen LogP contribution is 2.58. The van der Waals surface area contributed by atoms with E-state index in [1.165, 1.54) is 12.1 Å². The van der Waals surface area contributed by atoms with Crippen molar-refractivity contribution in [2.75, 3.05) is 0 Å². The van der Waals surface area contributed by atoms with E-state index in [1.54, 1.807) is 0 Å². The lowest BCUT2D eigenvalue weighted by atomic mass is 9.95. The van der Waals surface area contributed by atoms with E-state index in [2.05, 4.69) is 0 Å². The number of alkyl halides is 3. The van der Waals surface area contributed by atoms with E-state index in [1.807, 2.05) is 0 Å². The van der Waals surface area contributed by atoms with Crippen molar-refractivity contribution in [1.29, 1.82) is 0 Å². The number of hydrogen-bond acceptors (Lipinski definition) is 2. The maximum Gasteiger partial charge on any atom is 0.398 e. The van der Waals surface area contributed by atoms with Crippen LogP contribution in [0.1, 0.15) is 18.4 Å². The average Bonchev–Trinajstić information content (AvgIpc) is 2.97. The normalized spacial score (nSPS) is 18.2. The Bertz CT molecular complexity index is 421. The van der Waals surface area contributed by atoms with Crippen LogP contribution in [0, 0.1) is 10.1 Å². The Hall–Kier alpha value is -1.59. The monoisotopic (exact) mass is 231 g/mol. The molecule has 0 aliphatic heterocycles. The molecule has 1 aliphatic carbocycles. The molecule has 0 saturated heterocycles. The molecule has 16 heavy (non-hydrogen) atoms. The van der Waals surface area contributed by atoms with Gasteiger partial charge in [-0.3, -0.25) is 10.1 Å². The predicted octanol–water partition coefficient (Wildman–Crippen LogP) is 3.19. The van der Waals surface area contributed by atoms with Gasteiger partial charge in [0.05, 0.1) is 10.3 Å². The first-order valence-corrected chi connectivity index (χ1v) is 4.68. The Kier molecular flexibility index (Phi) is 2.18. The van der Waals surface area contributed by atoms with Crippen molar-refractivity contribution in [3.63, 3.8) is 0 Å². The van der Waals surface area contributed by atoms with Crippen LogP contribution >= 0.6 is 0 Å². The third kappa shape index (κ3) is 1.54. The van der Waals surface area contributed by atoms with Crippen LogP contribution in [0.4, 0.5) is 18.9 Å². The molecule has 6 heteroatoms. The number of nitro groups is 1. The van der Waals surface area contributed by atoms with Crippen molar-refractivity contribution >= 4 is 5.69 Å². The second kappa shape index (κ2) is 3.20. The number of nitrogens with zero attached hydrogens (tertiary/aromatic N) is 1. The van der Waals surface area contributed by atoms with Crippen LogP contribution in [-0.4, -0.2) is 11.1 Å². The fourth-order valence-electron chi connectivity index (χ4n) is 1.76. The zero-order valence-electron chi connectivity index (χ0n) is 8.12. The van der Waals surface area contributed by atoms with Crippen molar-refractivity contribution in [3.8, 4) is 0 Å². The summed E-state index contributed by atoms with van der Waals surface area (Å²) in [6, 6.07) is 4.61. The zero-order valence-corrected chi connectivity index (χ0v) is 8.12. The Balaban J connectivity index is 2.33. The second-order valence-electron chi connectivity index (χ2n) is 3.88. The Morgan fingerprint density at radius 1 is 1.19 bits per heavy atom. The molecule has 0 aromatic heterocycles. The van der Waals surface area contributed by atoms with Gasteiger partial charge in [-0.25, -0.2) is 0 Å². The number of halogens is 3. The third-order valence-corrected chi connectivity index (χ3v) is 2.92. The molecule has 1 fully saturated rings. The van der Waals surface area contributed by atoms with Gasteiger partial charge in [0.25, 0.3) is 5.69 Å². The smallest absolute Gasteiger partial charge is 0.258 e. The number of hydrogen-bond donors (Lipinski definition) is 0. The van der Waals surface area contributed by atoms with Crippen LogP contribution in [0.2, 0.25) is 0 Å². The fourth-order valence-corrected chi connectivity index (χ4v) is 1.76. The summed E-state index contributed by atoms with van der Waals surface area (Å²) in [6.45, 7) is 0. The molecule has 2 rings (SSSR count). The molecule has 0 radical (unpaired) electrons. The molecule has 0 unspecified atom stereocenters. The number of non-ortho nitro benzene ring substituents is 1. The second-order valence-corrected chi connectivity index (χ2v) is 3.88. The zero-order chi connectivity index (χ0) is 12.0. The molecule has 0 amide bonds. The minimum Gasteiger partial charge on any atom is -0.258 e. The molecule has 0 heterocycles. The summed E-state index contributed by atoms with van der Waals surface area (Å²) in [6.07, 6.45) is -4.15. The standard InChI is InChI=1S/C10H8F3NO2/c11-10(12,13)9(5-6-9)7-1-3-8(4-2-7)14(15)16/h1-4H,5-6H2. The van der Waals surface area contributed by atoms with Crippen molar-refractivity contribution in [3.05, 3.63) is 39.9 Å². The molecule has 0 atom stereocenters. The molecule has 86 valence electrons. The van der Waals surface area contributed by atoms with Gasteiger partial charge in [-0.05, 0) is 18.4 Å². The van der Waals surface area contributed by atoms with Gasteiger partial charge in [0.1, 0.15) is 0 Å². The summed E-state index contributed by atoms with van der Waals surface area (Å²) >= 11 is 0. The minimum absolute atomic E-state index is 0.0638. The van der Waals surface area contributed by atoms with Gasteiger partial charge < -0.3 is 0 Å². The van der Waals surface area contributed by atoms with Crippen LogP contribution < -0.4 is 0 Å². The molecule has 0 spiro atoms. The fraction of sp³-hybridized carbons (Fsp3) is 0.400. The number of nitro benzene ring substituents is 1. The van der Waals surface area contributed by atoms with Crippen LogP contribution in [0.25, 0.3) is 0 Å². The van der Waals surface area contributed by atoms with Crippen LogP contribution in [0.3, 0.4) is 0 Å². The lowest BCUT2D eigenvalue weighted by Crippen LogP contribution is -2.28. The van der Waals surface area contributed by atoms with E-state index in [-0.39, 0.29) is 24.1 Å². The molecule has 1 aliphatic rings. The van der Waals surface area contributed by atoms with E-state index in [9.17, 15) is 23.3 Å². The molecule has 1 saturated carbocycles. The van der Waals surface area contributed by atoms with E-state index in [4.69, 9.17) is 0 Å². The van der Waals surface area contributed by atoms with Crippen molar-refractivity contribution < 1.29 is 18.1 Å². The lowest BCUT2D eigenvalue weighted by molar-refractivity contribution is -0.384. The van der Waals surface area contributed by atoms with Crippen LogP contribution in [0.15, 0.2) is 24.3 Å². The molecule has 3 nitrogen and oxygen atoms in total. The Morgan fingerprint density at radius 2 is 1.69 bits per heavy atom. The van der Waals surface area contributed by atoms with E-state index >= 15 is 0 Å². The first kappa shape index (κ1) is 10.9. The summed E-state index contributed by atoms with van der Waals surface area (Å²) in [7, 11) is 0. The van der Waals surface area contributed by atoms with Crippen LogP contribution in [-0.2, 0) is 5.41 Å². The Labute approximate surface area is 89.0 Å². The largest absolute Gasteiger partial charge is 0.398 e. The number of rotatable bonds is 2. The summed E-state index contributed by atoms with van der Waals surface area (Å²) in [4.78, 5) is 9.73. The van der Waals surface area contributed by atoms with Gasteiger partial charge in [-0.2, -0.15) is 13.2 Å². The highest BCUT2D eigenvalue weighted by molar-refractivity contribution is 5.40. The van der Waals surface area contributed by atoms with Gasteiger partial charge in [0, 0.05) is 12.1 Å². The maximum atomic E-state index is 12.7. The third-order valence-electron chi connectivity index (χ3n) is 2.92. The van der Waals surface area contributed by atoms with Crippen molar-refractivity contribution in [1.82, 2.24) is 0 Å². The molecule has 0 bridgehead atoms. The van der Waals surface area contributed by atoms with Gasteiger partial charge in [-0.1, -0.05) is 12.1 Å². The van der Waals surface area contributed by atoms with Gasteiger partial charge in [0.2, 0.25) is 0 Å². The van der Waals surface area contributed by atoms with Crippen LogP contribution in [0.5, 0.6) is 0 Å². The van der Waals surface area contributed by atoms with E-state index < -0.39 is 16.5 Å². The number of benzene rings is 1. The van der Waals surface area contributed by atoms with E-state index in [0.717, 1.165) is 12.1 Å². The molecule has 1 aromatic rings. The Morgan fingerprint density at radius 3 is 2.00 bits per heavy atom. The summed E-state index contributed by atoms with van der Waals surface area (Å²) in [5.74, 6) is 0. The molecule has 0 N–H and O–H groups in total. The average molecular weight is 231 g/mol. The highest BCUT2D eigenvalue weighted by atomic mass is 19.4. The summed E-state index contributed by atoms with van der Waals surface area (Å²) < 4.78 is 38.1. The first-order chi connectivity index (χ1) is 7.37. The topological polar surface area (TPSA) is 43.1 Å². The molecule has 1 aromatic carbocycles. The molecular formula is C10H8F3NO2. The molecular weight excluding hydrogens is 223 g/mol. The van der Waals surface area contributed by atoms with E-state index in [0.29, 0.717) is 0 Å². The predicted molar refractivity (Wildman–Crippen MR) is 50.1 cm³/mol. The van der Waals surface area contributed by atoms with Crippen molar-refractivity contribution in [2.45, 2.75) is 24.4 Å². The van der Waals surface area contributed by atoms with Crippen molar-refractivity contribution in [2.24, 2.45) is 0 Å². The van der Waals surface area contributed by atoms with Gasteiger partial charge in [0.15, 0.2) is 0 Å². The van der Waals surface area contributed by atoms with Gasteiger partial charge >= 0.3 is 6.18 Å². The summed E-state index contributed by atoms with van der Waals surface area (Å²) in [5, 5.41) is 10.4. The highest BCUT2D eigenvalue weighted by Gasteiger charge is 2.64. The minimum atomic E-state index is -4.27. The lowest BCUT2D eigenvalue weighted by Gasteiger charge is -2.19. The van der Waals surface area contributed by atoms with Gasteiger partial charge in [-0.15, -0.1) is 0 Å². The maximum absolute atomic E-state index is 12.7. The SMILES string of the molecule is O=[N+]([O-])c1ccc(C2(C(F)(F)F)CC2)cc1. The first-order valence-electron chi connectivity index (χ1n) is 4.68.